The van der Waals surface area contributed by atoms with Crippen molar-refractivity contribution in [2.24, 2.45) is 28.2 Å². The molecule has 0 bridgehead atoms. The van der Waals surface area contributed by atoms with Crippen molar-refractivity contribution in [2.45, 2.75) is 62.9 Å². The van der Waals surface area contributed by atoms with E-state index in [4.69, 9.17) is 0 Å². The summed E-state index contributed by atoms with van der Waals surface area (Å²) < 4.78 is 8.80. The summed E-state index contributed by atoms with van der Waals surface area (Å²) in [7, 11) is 6.16. The second-order valence-corrected chi connectivity index (χ2v) is 11.5. The van der Waals surface area contributed by atoms with Crippen molar-refractivity contribution >= 4 is 45.9 Å². The lowest BCUT2D eigenvalue weighted by Crippen LogP contribution is -2.37. The maximum atomic E-state index is 13.0. The molecule has 0 amide bonds. The Balaban J connectivity index is 1.79. The van der Waals surface area contributed by atoms with Crippen LogP contribution in [0.15, 0.2) is 29.5 Å². The zero-order chi connectivity index (χ0) is 27.3. The first-order chi connectivity index (χ1) is 17.5. The van der Waals surface area contributed by atoms with Crippen molar-refractivity contribution in [3.63, 3.8) is 0 Å². The molecule has 200 valence electrons. The summed E-state index contributed by atoms with van der Waals surface area (Å²) in [5.74, 6) is 0. The summed E-state index contributed by atoms with van der Waals surface area (Å²) in [5.41, 5.74) is -0.0918. The van der Waals surface area contributed by atoms with E-state index in [1.807, 2.05) is 36.8 Å². The van der Waals surface area contributed by atoms with Gasteiger partial charge in [-0.3, -0.25) is 27.9 Å². The van der Waals surface area contributed by atoms with Gasteiger partial charge in [0.05, 0.1) is 5.08 Å². The summed E-state index contributed by atoms with van der Waals surface area (Å²) in [4.78, 5) is 60.4. The van der Waals surface area contributed by atoms with Gasteiger partial charge >= 0.3 is 11.4 Å². The van der Waals surface area contributed by atoms with Crippen molar-refractivity contribution in [3.05, 3.63) is 41.7 Å². The Bertz CT molecular complexity index is 1630. The van der Waals surface area contributed by atoms with Crippen LogP contribution in [-0.2, 0) is 28.2 Å². The van der Waals surface area contributed by atoms with Gasteiger partial charge in [0.2, 0.25) is 0 Å². The molecule has 0 saturated heterocycles. The van der Waals surface area contributed by atoms with E-state index >= 15 is 0 Å². The molecule has 4 rings (SSSR count). The van der Waals surface area contributed by atoms with Crippen LogP contribution in [0, 0.1) is 0 Å². The van der Waals surface area contributed by atoms with Gasteiger partial charge < -0.3 is 9.13 Å². The van der Waals surface area contributed by atoms with Crippen molar-refractivity contribution in [2.75, 3.05) is 5.08 Å². The van der Waals surface area contributed by atoms with Gasteiger partial charge in [0.1, 0.15) is 0 Å². The Morgan fingerprint density at radius 1 is 0.649 bits per heavy atom. The molecular weight excluding hydrogens is 516 g/mol. The van der Waals surface area contributed by atoms with Crippen LogP contribution >= 0.6 is 23.5 Å². The van der Waals surface area contributed by atoms with Gasteiger partial charge in [-0.1, -0.05) is 37.4 Å². The van der Waals surface area contributed by atoms with Gasteiger partial charge in [0.25, 0.3) is 11.1 Å². The first-order valence-corrected chi connectivity index (χ1v) is 14.0. The van der Waals surface area contributed by atoms with Gasteiger partial charge in [-0.05, 0) is 26.7 Å². The lowest BCUT2D eigenvalue weighted by Gasteiger charge is -2.16. The maximum Gasteiger partial charge on any atom is 0.332 e. The second-order valence-electron chi connectivity index (χ2n) is 9.21. The summed E-state index contributed by atoms with van der Waals surface area (Å²) in [5, 5.41) is 1.75. The zero-order valence-electron chi connectivity index (χ0n) is 22.3. The smallest absolute Gasteiger partial charge is 0.310 e. The van der Waals surface area contributed by atoms with Crippen LogP contribution in [0.5, 0.6) is 0 Å². The average Bonchev–Trinajstić information content (AvgIpc) is 3.47. The molecule has 0 fully saturated rings. The van der Waals surface area contributed by atoms with Crippen molar-refractivity contribution in [3.8, 4) is 0 Å². The summed E-state index contributed by atoms with van der Waals surface area (Å²) in [6.45, 7) is 8.10. The Kier molecular flexibility index (Phi) is 7.34. The molecule has 12 nitrogen and oxygen atoms in total. The number of rotatable bonds is 8. The lowest BCUT2D eigenvalue weighted by molar-refractivity contribution is 0.503. The number of fused-ring (bicyclic) bond motifs is 2. The van der Waals surface area contributed by atoms with E-state index in [1.165, 1.54) is 46.8 Å². The highest BCUT2D eigenvalue weighted by Crippen LogP contribution is 2.33. The van der Waals surface area contributed by atoms with Gasteiger partial charge in [-0.15, -0.1) is 0 Å². The molecule has 0 aromatic carbocycles. The number of imidazole rings is 2. The predicted octanol–water partition coefficient (Wildman–Crippen LogP) is 1.96. The van der Waals surface area contributed by atoms with Gasteiger partial charge in [-0.25, -0.2) is 19.6 Å². The van der Waals surface area contributed by atoms with Crippen LogP contribution in [0.4, 0.5) is 0 Å². The zero-order valence-corrected chi connectivity index (χ0v) is 23.9. The average molecular weight is 549 g/mol. The highest BCUT2D eigenvalue weighted by Gasteiger charge is 2.24. The highest BCUT2D eigenvalue weighted by atomic mass is 32.2. The van der Waals surface area contributed by atoms with Crippen LogP contribution in [-0.4, -0.2) is 42.5 Å². The molecule has 0 unspecified atom stereocenters. The number of aromatic nitrogens is 8. The third-order valence-corrected chi connectivity index (χ3v) is 8.99. The van der Waals surface area contributed by atoms with E-state index in [0.717, 1.165) is 22.0 Å². The SMILES string of the molecule is CC[C@@H](C)n1c(SCSc2nc3c(c(=O)n(C)c(=O)n3C)n2[C@@H](C)CC)nc2c1c(=O)n(C)c(=O)n2C. The third kappa shape index (κ3) is 4.19. The fraction of sp³-hybridized carbons (Fsp3) is 0.565. The first-order valence-electron chi connectivity index (χ1n) is 12.1. The molecule has 0 aliphatic heterocycles. The number of hydrogen-bond donors (Lipinski definition) is 0. The minimum atomic E-state index is -0.424. The van der Waals surface area contributed by atoms with E-state index in [2.05, 4.69) is 9.97 Å². The molecule has 14 heteroatoms. The molecule has 2 atom stereocenters. The van der Waals surface area contributed by atoms with E-state index in [-0.39, 0.29) is 23.2 Å². The van der Waals surface area contributed by atoms with Crippen LogP contribution in [0.1, 0.15) is 52.6 Å². The van der Waals surface area contributed by atoms with Gasteiger partial charge in [0, 0.05) is 40.3 Å². The topological polar surface area (TPSA) is 124 Å². The van der Waals surface area contributed by atoms with Crippen LogP contribution in [0.25, 0.3) is 22.3 Å². The van der Waals surface area contributed by atoms with E-state index in [0.29, 0.717) is 37.7 Å². The van der Waals surface area contributed by atoms with E-state index in [1.54, 1.807) is 14.1 Å². The first kappa shape index (κ1) is 27.0. The maximum absolute atomic E-state index is 13.0. The minimum absolute atomic E-state index is 0.00932. The molecule has 0 spiro atoms. The Labute approximate surface area is 220 Å². The molecule has 4 heterocycles. The van der Waals surface area contributed by atoms with Gasteiger partial charge in [-0.2, -0.15) is 0 Å². The van der Waals surface area contributed by atoms with Crippen molar-refractivity contribution in [1.82, 2.24) is 37.4 Å². The predicted molar refractivity (Wildman–Crippen MR) is 147 cm³/mol. The molecule has 0 saturated carbocycles. The number of nitrogens with zero attached hydrogens (tertiary/aromatic N) is 8. The summed E-state index contributed by atoms with van der Waals surface area (Å²) >= 11 is 2.88. The normalized spacial score (nSPS) is 13.6. The highest BCUT2D eigenvalue weighted by molar-refractivity contribution is 8.15. The third-order valence-electron chi connectivity index (χ3n) is 6.96. The molecule has 4 aromatic rings. The number of aryl methyl sites for hydroxylation is 2. The monoisotopic (exact) mass is 548 g/mol. The van der Waals surface area contributed by atoms with E-state index in [9.17, 15) is 19.2 Å². The van der Waals surface area contributed by atoms with Gasteiger partial charge in [0.15, 0.2) is 32.6 Å². The second kappa shape index (κ2) is 10.0. The quantitative estimate of drug-likeness (QED) is 0.242. The number of hydrogen-bond acceptors (Lipinski definition) is 8. The molecule has 37 heavy (non-hydrogen) atoms. The molecule has 0 radical (unpaired) electrons. The molecule has 0 aliphatic rings. The van der Waals surface area contributed by atoms with E-state index < -0.39 is 11.4 Å². The summed E-state index contributed by atoms with van der Waals surface area (Å²) in [6.07, 6.45) is 1.55. The Hall–Kier alpha value is -3.00. The lowest BCUT2D eigenvalue weighted by atomic mass is 10.2. The number of thioether (sulfide) groups is 2. The standard InChI is InChI=1S/C23H32N8O4S2/c1-9-12(3)30-14-16(26(5)22(34)28(7)18(14)32)24-20(30)36-11-37-21-25-17-15(31(21)13(4)10-2)19(33)29(8)23(35)27(17)6/h12-13H,9-11H2,1-8H3/t12-,13+. The Morgan fingerprint density at radius 2 is 1.00 bits per heavy atom. The molecular formula is C23H32N8O4S2. The minimum Gasteiger partial charge on any atom is -0.310 e. The summed E-state index contributed by atoms with van der Waals surface area (Å²) in [6, 6.07) is -0.0186. The fourth-order valence-electron chi connectivity index (χ4n) is 4.31. The van der Waals surface area contributed by atoms with Crippen LogP contribution in [0.2, 0.25) is 0 Å². The molecule has 0 N–H and O–H groups in total. The molecule has 4 aromatic heterocycles. The molecule has 0 aliphatic carbocycles. The van der Waals surface area contributed by atoms with Crippen LogP contribution in [0.3, 0.4) is 0 Å². The van der Waals surface area contributed by atoms with Crippen molar-refractivity contribution < 1.29 is 0 Å². The van der Waals surface area contributed by atoms with Crippen LogP contribution < -0.4 is 22.5 Å². The largest absolute Gasteiger partial charge is 0.332 e. The fourth-order valence-corrected chi connectivity index (χ4v) is 6.51. The van der Waals surface area contributed by atoms with Crippen molar-refractivity contribution in [1.29, 1.82) is 0 Å². The Morgan fingerprint density at radius 3 is 1.32 bits per heavy atom.